The monoisotopic (exact) mass is 1190 g/mol. The number of carbonyl (C=O) groups is 1. The highest BCUT2D eigenvalue weighted by atomic mass is 19.4. The molecule has 0 bridgehead atoms. The summed E-state index contributed by atoms with van der Waals surface area (Å²) >= 11 is 0. The first kappa shape index (κ1) is 67.4. The van der Waals surface area contributed by atoms with Gasteiger partial charge in [0.2, 0.25) is 6.08 Å². The SMILES string of the molecule is Cc1ccc(C(=O)NC(C)CC(F)(F)C(F)(F)C(F)(F)C(F)(F)C(F)(F)C(F)(F)C(F)(F)C(F)(F)C(F)(F)C(F)(F)C(F)(F)C(F)(F)C(F)(F)C(F)(F)C(F)(F)C(F)(F)C(F)(F)C(F)(F)C(F)(F)F)cc1N=C=O. The van der Waals surface area contributed by atoms with Crippen molar-refractivity contribution in [3.63, 3.8) is 0 Å². The smallest absolute Gasteiger partial charge is 0.349 e. The number of hydrogen-bond donors (Lipinski definition) is 1. The number of isocyanates is 1. The zero-order valence-electron chi connectivity index (χ0n) is 33.5. The van der Waals surface area contributed by atoms with E-state index in [2.05, 4.69) is 4.99 Å². The normalized spacial score (nSPS) is 16.5. The van der Waals surface area contributed by atoms with E-state index in [9.17, 15) is 181 Å². The molecule has 0 heterocycles. The van der Waals surface area contributed by atoms with Crippen molar-refractivity contribution in [2.75, 3.05) is 0 Å². The lowest BCUT2D eigenvalue weighted by Gasteiger charge is -2.47. The minimum absolute atomic E-state index is 0.0167. The summed E-state index contributed by atoms with van der Waals surface area (Å²) in [6, 6.07) is -0.942. The number of aryl methyl sites for hydroxylation is 1. The number of amides is 1. The van der Waals surface area contributed by atoms with Crippen LogP contribution < -0.4 is 5.32 Å². The standard InChI is InChI=1S/C31H13F39N2O2/c1-8-3-4-10(5-11(8)71-7-73)12(74)72-9(2)6-13(32,33)14(34,35)15(36,37)16(38,39)17(40,41)18(42,43)19(44,45)20(46,47)21(48,49)22(50,51)23(52,53)24(54,55)25(56,57)26(58,59)27(60,61)28(62,63)29(64,65)30(66,67)31(68,69)70/h3-5,9H,6H2,1-2H3,(H,72,74). The molecule has 432 valence electrons. The third-order valence-electron chi connectivity index (χ3n) is 9.70. The minimum Gasteiger partial charge on any atom is -0.349 e. The van der Waals surface area contributed by atoms with E-state index in [1.165, 1.54) is 0 Å². The van der Waals surface area contributed by atoms with Crippen LogP contribution in [-0.4, -0.2) is 131 Å². The van der Waals surface area contributed by atoms with Gasteiger partial charge in [0.05, 0.1) is 5.69 Å². The number of aliphatic imine (C=N–C) groups is 1. The summed E-state index contributed by atoms with van der Waals surface area (Å²) in [5, 5.41) is 1.15. The van der Waals surface area contributed by atoms with Gasteiger partial charge in [0.25, 0.3) is 5.91 Å². The van der Waals surface area contributed by atoms with Crippen molar-refractivity contribution in [1.82, 2.24) is 5.32 Å². The molecule has 1 atom stereocenters. The molecule has 0 saturated carbocycles. The lowest BCUT2D eigenvalue weighted by atomic mass is 9.81. The zero-order valence-corrected chi connectivity index (χ0v) is 33.5. The summed E-state index contributed by atoms with van der Waals surface area (Å²) < 4.78 is 543. The average molecular weight is 1190 g/mol. The topological polar surface area (TPSA) is 58.5 Å². The van der Waals surface area contributed by atoms with Gasteiger partial charge in [-0.25, -0.2) is 4.79 Å². The second-order valence-corrected chi connectivity index (χ2v) is 14.7. The number of rotatable bonds is 22. The van der Waals surface area contributed by atoms with Crippen LogP contribution in [0.3, 0.4) is 0 Å². The van der Waals surface area contributed by atoms with Crippen LogP contribution >= 0.6 is 0 Å². The molecule has 0 fully saturated rings. The molecule has 43 heteroatoms. The molecule has 0 spiro atoms. The van der Waals surface area contributed by atoms with E-state index in [1.807, 2.05) is 0 Å². The van der Waals surface area contributed by atoms with Crippen LogP contribution in [-0.2, 0) is 4.79 Å². The van der Waals surface area contributed by atoms with Crippen LogP contribution in [0.15, 0.2) is 23.2 Å². The largest absolute Gasteiger partial charge is 0.460 e. The summed E-state index contributed by atoms with van der Waals surface area (Å²) in [7, 11) is 0. The first-order chi connectivity index (χ1) is 31.7. The molecular formula is C31H13F39N2O2. The fraction of sp³-hybridized carbons (Fsp3) is 0.742. The van der Waals surface area contributed by atoms with Crippen molar-refractivity contribution in [2.24, 2.45) is 4.99 Å². The van der Waals surface area contributed by atoms with Crippen molar-refractivity contribution < 1.29 is 181 Å². The van der Waals surface area contributed by atoms with Gasteiger partial charge in [-0.1, -0.05) is 6.07 Å². The van der Waals surface area contributed by atoms with Crippen molar-refractivity contribution in [3.05, 3.63) is 29.3 Å². The first-order valence-electron chi connectivity index (χ1n) is 17.1. The van der Waals surface area contributed by atoms with Crippen molar-refractivity contribution in [1.29, 1.82) is 0 Å². The van der Waals surface area contributed by atoms with Gasteiger partial charge in [-0.15, -0.1) is 0 Å². The molecular weight excluding hydrogens is 1170 g/mol. The van der Waals surface area contributed by atoms with Crippen molar-refractivity contribution >= 4 is 17.7 Å². The average Bonchev–Trinajstić information content (AvgIpc) is 3.19. The highest BCUT2D eigenvalue weighted by Gasteiger charge is 3.03. The van der Waals surface area contributed by atoms with Gasteiger partial charge in [-0.3, -0.25) is 4.79 Å². The van der Waals surface area contributed by atoms with Crippen LogP contribution in [0, 0.1) is 6.92 Å². The number of nitrogens with zero attached hydrogens (tertiary/aromatic N) is 1. The Morgan fingerprint density at radius 1 is 0.419 bits per heavy atom. The van der Waals surface area contributed by atoms with E-state index in [4.69, 9.17) is 0 Å². The maximum atomic E-state index is 14.5. The molecule has 0 aromatic heterocycles. The fourth-order valence-electron chi connectivity index (χ4n) is 5.16. The Balaban J connectivity index is 3.98. The molecule has 1 rings (SSSR count). The highest BCUT2D eigenvalue weighted by molar-refractivity contribution is 5.95. The second-order valence-electron chi connectivity index (χ2n) is 14.7. The molecule has 74 heavy (non-hydrogen) atoms. The number of nitrogens with one attached hydrogen (secondary N) is 1. The third kappa shape index (κ3) is 8.54. The predicted molar refractivity (Wildman–Crippen MR) is 156 cm³/mol. The Hall–Kier alpha value is -4.66. The molecule has 4 nitrogen and oxygen atoms in total. The van der Waals surface area contributed by atoms with E-state index >= 15 is 0 Å². The van der Waals surface area contributed by atoms with Crippen LogP contribution in [0.5, 0.6) is 0 Å². The second kappa shape index (κ2) is 18.0. The van der Waals surface area contributed by atoms with Crippen molar-refractivity contribution in [3.8, 4) is 0 Å². The quantitative estimate of drug-likeness (QED) is 0.0714. The molecule has 1 N–H and O–H groups in total. The maximum Gasteiger partial charge on any atom is 0.460 e. The Morgan fingerprint density at radius 3 is 0.878 bits per heavy atom. The van der Waals surface area contributed by atoms with Crippen LogP contribution in [0.2, 0.25) is 0 Å². The molecule has 0 saturated heterocycles. The molecule has 0 aliphatic carbocycles. The lowest BCUT2D eigenvalue weighted by Crippen LogP contribution is -2.80. The Labute approximate surface area is 378 Å². The first-order valence-corrected chi connectivity index (χ1v) is 17.1. The van der Waals surface area contributed by atoms with Gasteiger partial charge >= 0.3 is 113 Å². The third-order valence-corrected chi connectivity index (χ3v) is 9.70. The van der Waals surface area contributed by atoms with Crippen LogP contribution in [0.4, 0.5) is 177 Å². The zero-order chi connectivity index (χ0) is 60.3. The molecule has 1 aromatic rings. The van der Waals surface area contributed by atoms with Gasteiger partial charge in [0, 0.05) is 18.0 Å². The van der Waals surface area contributed by atoms with Gasteiger partial charge in [-0.05, 0) is 31.5 Å². The van der Waals surface area contributed by atoms with Gasteiger partial charge in [-0.2, -0.15) is 176 Å². The predicted octanol–water partition coefficient (Wildman–Crippen LogP) is 14.5. The number of halogens is 39. The lowest BCUT2D eigenvalue weighted by molar-refractivity contribution is -0.494. The van der Waals surface area contributed by atoms with Gasteiger partial charge < -0.3 is 5.32 Å². The summed E-state index contributed by atoms with van der Waals surface area (Å²) in [4.78, 5) is 25.7. The van der Waals surface area contributed by atoms with Gasteiger partial charge in [0.1, 0.15) is 0 Å². The Morgan fingerprint density at radius 2 is 0.649 bits per heavy atom. The minimum atomic E-state index is -10.6. The maximum absolute atomic E-state index is 14.5. The molecule has 1 aromatic carbocycles. The summed E-state index contributed by atoms with van der Waals surface area (Å²) in [5.74, 6) is -180. The van der Waals surface area contributed by atoms with Crippen LogP contribution in [0.1, 0.15) is 29.3 Å². The number of benzene rings is 1. The molecule has 0 aliphatic rings. The van der Waals surface area contributed by atoms with E-state index in [1.54, 1.807) is 0 Å². The van der Waals surface area contributed by atoms with E-state index in [0.717, 1.165) is 24.4 Å². The van der Waals surface area contributed by atoms with Crippen molar-refractivity contribution in [2.45, 2.75) is 139 Å². The summed E-state index contributed by atoms with van der Waals surface area (Å²) in [6.07, 6.45) is -11.0. The Kier molecular flexibility index (Phi) is 16.4. The van der Waals surface area contributed by atoms with Gasteiger partial charge in [0.15, 0.2) is 0 Å². The molecule has 1 amide bonds. The molecule has 1 unspecified atom stereocenters. The fourth-order valence-corrected chi connectivity index (χ4v) is 5.16. The van der Waals surface area contributed by atoms with E-state index < -0.39 is 142 Å². The van der Waals surface area contributed by atoms with E-state index in [0.29, 0.717) is 12.1 Å². The molecule has 0 radical (unpaired) electrons. The number of alkyl halides is 39. The number of carbonyl (C=O) groups excluding carboxylic acids is 2. The summed E-state index contributed by atoms with van der Waals surface area (Å²) in [5.41, 5.74) is -1.41. The molecule has 0 aliphatic heterocycles. The summed E-state index contributed by atoms with van der Waals surface area (Å²) in [6.45, 7) is 1.10. The highest BCUT2D eigenvalue weighted by Crippen LogP contribution is 2.71. The van der Waals surface area contributed by atoms with Crippen LogP contribution in [0.25, 0.3) is 0 Å². The van der Waals surface area contributed by atoms with E-state index in [-0.39, 0.29) is 12.5 Å². The Bertz CT molecular complexity index is 2290. The number of hydrogen-bond acceptors (Lipinski definition) is 3.